The number of Topliss-reactive ketones (excluding diaryl/α,β-unsaturated/α-hetero) is 1. The van der Waals surface area contributed by atoms with E-state index in [1.807, 2.05) is 12.1 Å². The van der Waals surface area contributed by atoms with Gasteiger partial charge in [-0.1, -0.05) is 11.6 Å². The van der Waals surface area contributed by atoms with Crippen molar-refractivity contribution in [2.75, 3.05) is 6.79 Å². The third-order valence-electron chi connectivity index (χ3n) is 3.40. The molecule has 1 aromatic rings. The summed E-state index contributed by atoms with van der Waals surface area (Å²) in [5.41, 5.74) is 0.638. The van der Waals surface area contributed by atoms with E-state index in [9.17, 15) is 4.79 Å². The second-order valence-corrected chi connectivity index (χ2v) is 4.74. The van der Waals surface area contributed by atoms with Crippen LogP contribution in [0.4, 0.5) is 0 Å². The smallest absolute Gasteiger partial charge is 0.231 e. The molecule has 0 aromatic heterocycles. The number of hydrogen-bond donors (Lipinski definition) is 0. The first-order valence-corrected chi connectivity index (χ1v) is 5.62. The van der Waals surface area contributed by atoms with Crippen molar-refractivity contribution in [2.24, 2.45) is 0 Å². The molecule has 0 atom stereocenters. The van der Waals surface area contributed by atoms with Gasteiger partial charge in [-0.2, -0.15) is 0 Å². The van der Waals surface area contributed by atoms with Crippen molar-refractivity contribution in [1.29, 1.82) is 0 Å². The molecule has 1 aliphatic carbocycles. The van der Waals surface area contributed by atoms with Crippen LogP contribution in [0.1, 0.15) is 25.3 Å². The maximum absolute atomic E-state index is 11.6. The van der Waals surface area contributed by atoms with E-state index in [1.165, 1.54) is 0 Å². The molecule has 0 unspecified atom stereocenters. The third kappa shape index (κ3) is 1.24. The lowest BCUT2D eigenvalue weighted by Crippen LogP contribution is -2.16. The van der Waals surface area contributed by atoms with Crippen LogP contribution in [0.2, 0.25) is 5.02 Å². The van der Waals surface area contributed by atoms with Gasteiger partial charge >= 0.3 is 0 Å². The molecule has 1 heterocycles. The van der Waals surface area contributed by atoms with Crippen LogP contribution in [0.5, 0.6) is 11.5 Å². The maximum Gasteiger partial charge on any atom is 0.231 e. The number of fused-ring (bicyclic) bond motifs is 1. The van der Waals surface area contributed by atoms with E-state index in [0.717, 1.165) is 18.4 Å². The fourth-order valence-corrected chi connectivity index (χ4v) is 2.48. The van der Waals surface area contributed by atoms with Crippen LogP contribution >= 0.6 is 11.6 Å². The third-order valence-corrected chi connectivity index (χ3v) is 3.68. The average Bonchev–Trinajstić information content (AvgIpc) is 2.92. The molecular weight excluding hydrogens is 228 g/mol. The Kier molecular flexibility index (Phi) is 1.96. The molecule has 1 saturated carbocycles. The van der Waals surface area contributed by atoms with Crippen LogP contribution in [-0.2, 0) is 10.2 Å². The van der Waals surface area contributed by atoms with Crippen molar-refractivity contribution in [2.45, 2.75) is 25.2 Å². The number of benzene rings is 1. The summed E-state index contributed by atoms with van der Waals surface area (Å²) in [4.78, 5) is 11.6. The predicted molar refractivity (Wildman–Crippen MR) is 59.2 cm³/mol. The number of carbonyl (C=O) groups is 1. The molecule has 0 saturated heterocycles. The van der Waals surface area contributed by atoms with Crippen LogP contribution < -0.4 is 9.47 Å². The van der Waals surface area contributed by atoms with Gasteiger partial charge in [0, 0.05) is 0 Å². The average molecular weight is 239 g/mol. The highest BCUT2D eigenvalue weighted by atomic mass is 35.5. The Balaban J connectivity index is 2.10. The molecule has 1 aliphatic heterocycles. The highest BCUT2D eigenvalue weighted by Crippen LogP contribution is 2.52. The van der Waals surface area contributed by atoms with Gasteiger partial charge in [-0.25, -0.2) is 0 Å². The molecule has 16 heavy (non-hydrogen) atoms. The molecule has 0 radical (unpaired) electrons. The van der Waals surface area contributed by atoms with Crippen molar-refractivity contribution in [1.82, 2.24) is 0 Å². The molecule has 3 rings (SSSR count). The Bertz CT molecular complexity index is 477. The largest absolute Gasteiger partial charge is 0.454 e. The van der Waals surface area contributed by atoms with Crippen molar-refractivity contribution in [3.63, 3.8) is 0 Å². The van der Waals surface area contributed by atoms with E-state index in [1.54, 1.807) is 6.92 Å². The van der Waals surface area contributed by atoms with Crippen molar-refractivity contribution in [3.05, 3.63) is 22.7 Å². The lowest BCUT2D eigenvalue weighted by atomic mass is 9.92. The Morgan fingerprint density at radius 1 is 1.38 bits per heavy atom. The predicted octanol–water partition coefficient (Wildman–Crippen LogP) is 2.69. The van der Waals surface area contributed by atoms with Crippen molar-refractivity contribution < 1.29 is 14.3 Å². The van der Waals surface area contributed by atoms with Gasteiger partial charge in [-0.05, 0) is 37.5 Å². The van der Waals surface area contributed by atoms with Crippen LogP contribution in [0.25, 0.3) is 0 Å². The minimum atomic E-state index is -0.315. The van der Waals surface area contributed by atoms with Gasteiger partial charge in [-0.3, -0.25) is 4.79 Å². The Labute approximate surface area is 98.3 Å². The molecule has 2 aliphatic rings. The lowest BCUT2D eigenvalue weighted by Gasteiger charge is -2.13. The summed E-state index contributed by atoms with van der Waals surface area (Å²) in [7, 11) is 0. The van der Waals surface area contributed by atoms with Gasteiger partial charge in [0.2, 0.25) is 6.79 Å². The molecule has 1 aromatic carbocycles. The van der Waals surface area contributed by atoms with Gasteiger partial charge in [-0.15, -0.1) is 0 Å². The van der Waals surface area contributed by atoms with E-state index in [-0.39, 0.29) is 18.0 Å². The first kappa shape index (κ1) is 9.97. The fraction of sp³-hybridized carbons (Fsp3) is 0.417. The Morgan fingerprint density at radius 2 is 2.12 bits per heavy atom. The molecule has 84 valence electrons. The topological polar surface area (TPSA) is 35.5 Å². The Hall–Kier alpha value is -1.22. The highest BCUT2D eigenvalue weighted by Gasteiger charge is 2.49. The minimum Gasteiger partial charge on any atom is -0.454 e. The minimum absolute atomic E-state index is 0.197. The van der Waals surface area contributed by atoms with Crippen LogP contribution in [-0.4, -0.2) is 12.6 Å². The van der Waals surface area contributed by atoms with Gasteiger partial charge in [0.1, 0.15) is 5.78 Å². The lowest BCUT2D eigenvalue weighted by molar-refractivity contribution is -0.119. The van der Waals surface area contributed by atoms with Crippen LogP contribution in [0.3, 0.4) is 0 Å². The Morgan fingerprint density at radius 3 is 2.75 bits per heavy atom. The molecule has 0 N–H and O–H groups in total. The summed E-state index contributed by atoms with van der Waals surface area (Å²) in [6.45, 7) is 1.83. The number of halogens is 1. The van der Waals surface area contributed by atoms with Gasteiger partial charge < -0.3 is 9.47 Å². The summed E-state index contributed by atoms with van der Waals surface area (Å²) >= 11 is 6.10. The molecule has 1 fully saturated rings. The normalized spacial score (nSPS) is 19.6. The van der Waals surface area contributed by atoms with E-state index in [2.05, 4.69) is 0 Å². The summed E-state index contributed by atoms with van der Waals surface area (Å²) in [6, 6.07) is 3.70. The fourth-order valence-electron chi connectivity index (χ4n) is 2.21. The summed E-state index contributed by atoms with van der Waals surface area (Å²) in [6.07, 6.45) is 1.80. The number of ether oxygens (including phenoxy) is 2. The number of ketones is 1. The van der Waals surface area contributed by atoms with Crippen LogP contribution in [0.15, 0.2) is 12.1 Å². The number of carbonyl (C=O) groups excluding carboxylic acids is 1. The molecule has 3 nitrogen and oxygen atoms in total. The number of hydrogen-bond acceptors (Lipinski definition) is 3. The number of rotatable bonds is 2. The highest BCUT2D eigenvalue weighted by molar-refractivity contribution is 6.32. The SMILES string of the molecule is CC(=O)C1(c2cc(Cl)c3c(c2)OCO3)CC1. The van der Waals surface area contributed by atoms with Crippen molar-refractivity contribution in [3.8, 4) is 11.5 Å². The standard InChI is InChI=1S/C12H11ClO3/c1-7(14)12(2-3-12)8-4-9(13)11-10(5-8)15-6-16-11/h4-5H,2-3,6H2,1H3. The van der Waals surface area contributed by atoms with Gasteiger partial charge in [0.05, 0.1) is 10.4 Å². The first-order valence-electron chi connectivity index (χ1n) is 5.24. The first-order chi connectivity index (χ1) is 7.63. The maximum atomic E-state index is 11.6. The zero-order valence-corrected chi connectivity index (χ0v) is 9.63. The van der Waals surface area contributed by atoms with E-state index < -0.39 is 0 Å². The quantitative estimate of drug-likeness (QED) is 0.795. The van der Waals surface area contributed by atoms with Crippen molar-refractivity contribution >= 4 is 17.4 Å². The second-order valence-electron chi connectivity index (χ2n) is 4.33. The van der Waals surface area contributed by atoms with Crippen LogP contribution in [0, 0.1) is 0 Å². The molecular formula is C12H11ClO3. The summed E-state index contributed by atoms with van der Waals surface area (Å²) < 4.78 is 10.5. The van der Waals surface area contributed by atoms with Gasteiger partial charge in [0.25, 0.3) is 0 Å². The molecule has 0 amide bonds. The van der Waals surface area contributed by atoms with Gasteiger partial charge in [0.15, 0.2) is 11.5 Å². The monoisotopic (exact) mass is 238 g/mol. The second kappa shape index (κ2) is 3.14. The zero-order valence-electron chi connectivity index (χ0n) is 8.88. The zero-order chi connectivity index (χ0) is 11.3. The van der Waals surface area contributed by atoms with E-state index in [0.29, 0.717) is 16.5 Å². The molecule has 0 bridgehead atoms. The van der Waals surface area contributed by atoms with E-state index >= 15 is 0 Å². The summed E-state index contributed by atoms with van der Waals surface area (Å²) in [5, 5.41) is 0.525. The summed E-state index contributed by atoms with van der Waals surface area (Å²) in [5.74, 6) is 1.43. The van der Waals surface area contributed by atoms with E-state index in [4.69, 9.17) is 21.1 Å². The molecule has 4 heteroatoms. The molecule has 0 spiro atoms.